The lowest BCUT2D eigenvalue weighted by atomic mass is 10.1. The van der Waals surface area contributed by atoms with E-state index in [-0.39, 0.29) is 24.0 Å². The van der Waals surface area contributed by atoms with Gasteiger partial charge in [0.1, 0.15) is 11.3 Å². The summed E-state index contributed by atoms with van der Waals surface area (Å²) in [5, 5.41) is 7.79. The molecule has 0 saturated carbocycles. The number of guanidine groups is 1. The number of aryl methyl sites for hydroxylation is 1. The van der Waals surface area contributed by atoms with E-state index in [0.717, 1.165) is 68.5 Å². The number of aliphatic imine (C=N–C) groups is 1. The topological polar surface area (TPSA) is 68.0 Å². The van der Waals surface area contributed by atoms with Crippen LogP contribution in [0.25, 0.3) is 11.0 Å². The van der Waals surface area contributed by atoms with Crippen LogP contribution in [0.2, 0.25) is 0 Å². The van der Waals surface area contributed by atoms with E-state index in [1.54, 1.807) is 7.05 Å². The Balaban J connectivity index is 0.00000261. The summed E-state index contributed by atoms with van der Waals surface area (Å²) < 4.78 is 17.0. The van der Waals surface area contributed by atoms with Gasteiger partial charge in [0.2, 0.25) is 0 Å². The van der Waals surface area contributed by atoms with Crippen LogP contribution in [0, 0.1) is 12.8 Å². The summed E-state index contributed by atoms with van der Waals surface area (Å²) in [7, 11) is 1.78. The van der Waals surface area contributed by atoms with Gasteiger partial charge in [0.25, 0.3) is 0 Å². The van der Waals surface area contributed by atoms with Crippen molar-refractivity contribution >= 4 is 40.9 Å². The van der Waals surface area contributed by atoms with Crippen molar-refractivity contribution in [2.24, 2.45) is 10.9 Å². The molecule has 1 atom stereocenters. The number of halogens is 1. The largest absolute Gasteiger partial charge is 0.459 e. The summed E-state index contributed by atoms with van der Waals surface area (Å²) in [6.07, 6.45) is 2.06. The first-order valence-corrected chi connectivity index (χ1v) is 9.35. The van der Waals surface area contributed by atoms with Gasteiger partial charge in [-0.25, -0.2) is 0 Å². The molecule has 1 aromatic carbocycles. The van der Waals surface area contributed by atoms with Crippen LogP contribution in [-0.2, 0) is 16.0 Å². The Hall–Kier alpha value is -1.32. The molecule has 150 valence electrons. The Morgan fingerprint density at radius 2 is 2.15 bits per heavy atom. The van der Waals surface area contributed by atoms with Gasteiger partial charge in [-0.15, -0.1) is 24.0 Å². The number of nitrogens with zero attached hydrogens (tertiary/aromatic N) is 1. The quantitative estimate of drug-likeness (QED) is 0.259. The Kier molecular flexibility index (Phi) is 9.36. The summed E-state index contributed by atoms with van der Waals surface area (Å²) in [5.74, 6) is 2.29. The maximum Gasteiger partial charge on any atom is 0.191 e. The fourth-order valence-corrected chi connectivity index (χ4v) is 3.12. The third kappa shape index (κ3) is 6.36. The molecule has 2 heterocycles. The third-order valence-corrected chi connectivity index (χ3v) is 4.72. The minimum atomic E-state index is 0. The van der Waals surface area contributed by atoms with Gasteiger partial charge < -0.3 is 24.5 Å². The van der Waals surface area contributed by atoms with Crippen molar-refractivity contribution in [3.8, 4) is 0 Å². The molecule has 2 aromatic rings. The molecule has 1 aliphatic rings. The first-order valence-electron chi connectivity index (χ1n) is 9.35. The zero-order valence-corrected chi connectivity index (χ0v) is 18.5. The Labute approximate surface area is 178 Å². The Morgan fingerprint density at radius 3 is 2.89 bits per heavy atom. The van der Waals surface area contributed by atoms with Crippen molar-refractivity contribution in [1.29, 1.82) is 0 Å². The average Bonchev–Trinajstić information content (AvgIpc) is 3.29. The van der Waals surface area contributed by atoms with Gasteiger partial charge in [-0.2, -0.15) is 0 Å². The molecule has 0 amide bonds. The van der Waals surface area contributed by atoms with Crippen LogP contribution in [0.5, 0.6) is 0 Å². The highest BCUT2D eigenvalue weighted by Gasteiger charge is 2.15. The molecule has 7 heteroatoms. The molecule has 0 radical (unpaired) electrons. The van der Waals surface area contributed by atoms with Gasteiger partial charge in [-0.1, -0.05) is 18.2 Å². The number of ether oxygens (including phenoxy) is 2. The summed E-state index contributed by atoms with van der Waals surface area (Å²) >= 11 is 0. The second-order valence-corrected chi connectivity index (χ2v) is 6.66. The Morgan fingerprint density at radius 1 is 1.30 bits per heavy atom. The Bertz CT molecular complexity index is 726. The van der Waals surface area contributed by atoms with Crippen molar-refractivity contribution in [3.63, 3.8) is 0 Å². The zero-order valence-electron chi connectivity index (χ0n) is 16.1. The summed E-state index contributed by atoms with van der Waals surface area (Å²) in [4.78, 5) is 4.26. The molecule has 2 N–H and O–H groups in total. The predicted molar refractivity (Wildman–Crippen MR) is 119 cm³/mol. The van der Waals surface area contributed by atoms with E-state index < -0.39 is 0 Å². The van der Waals surface area contributed by atoms with E-state index in [9.17, 15) is 0 Å². The SMILES string of the molecule is CN=C(NCCCOCC1CCOC1)NCc1oc2ccccc2c1C.I. The van der Waals surface area contributed by atoms with Gasteiger partial charge in [0.15, 0.2) is 5.96 Å². The summed E-state index contributed by atoms with van der Waals surface area (Å²) in [6.45, 7) is 6.80. The molecule has 1 saturated heterocycles. The number of nitrogens with one attached hydrogen (secondary N) is 2. The lowest BCUT2D eigenvalue weighted by Gasteiger charge is -2.12. The van der Waals surface area contributed by atoms with Crippen LogP contribution in [0.4, 0.5) is 0 Å². The van der Waals surface area contributed by atoms with Crippen molar-refractivity contribution < 1.29 is 13.9 Å². The zero-order chi connectivity index (χ0) is 18.2. The smallest absolute Gasteiger partial charge is 0.191 e. The van der Waals surface area contributed by atoms with Crippen molar-refractivity contribution in [2.45, 2.75) is 26.3 Å². The molecule has 6 nitrogen and oxygen atoms in total. The fraction of sp³-hybridized carbons (Fsp3) is 0.550. The number of furan rings is 1. The van der Waals surface area contributed by atoms with Crippen LogP contribution in [0.3, 0.4) is 0 Å². The molecule has 1 aliphatic heterocycles. The number of hydrogen-bond acceptors (Lipinski definition) is 4. The molecule has 1 unspecified atom stereocenters. The predicted octanol–water partition coefficient (Wildman–Crippen LogP) is 3.47. The van der Waals surface area contributed by atoms with Crippen molar-refractivity contribution in [1.82, 2.24) is 10.6 Å². The minimum absolute atomic E-state index is 0. The average molecular weight is 487 g/mol. The first-order chi connectivity index (χ1) is 12.8. The summed E-state index contributed by atoms with van der Waals surface area (Å²) in [5.41, 5.74) is 2.10. The van der Waals surface area contributed by atoms with Crippen LogP contribution >= 0.6 is 24.0 Å². The van der Waals surface area contributed by atoms with Crippen molar-refractivity contribution in [3.05, 3.63) is 35.6 Å². The number of rotatable bonds is 8. The van der Waals surface area contributed by atoms with Gasteiger partial charge >= 0.3 is 0 Å². The van der Waals surface area contributed by atoms with Crippen molar-refractivity contribution in [2.75, 3.05) is 40.0 Å². The highest BCUT2D eigenvalue weighted by Crippen LogP contribution is 2.24. The van der Waals surface area contributed by atoms with E-state index in [2.05, 4.69) is 28.6 Å². The monoisotopic (exact) mass is 487 g/mol. The van der Waals surface area contributed by atoms with Crippen LogP contribution in [0.1, 0.15) is 24.2 Å². The van der Waals surface area contributed by atoms with Gasteiger partial charge in [-0.05, 0) is 25.8 Å². The molecule has 3 rings (SSSR count). The lowest BCUT2D eigenvalue weighted by molar-refractivity contribution is 0.0888. The van der Waals surface area contributed by atoms with E-state index >= 15 is 0 Å². The molecule has 27 heavy (non-hydrogen) atoms. The number of para-hydroxylation sites is 1. The highest BCUT2D eigenvalue weighted by molar-refractivity contribution is 14.0. The highest BCUT2D eigenvalue weighted by atomic mass is 127. The molecular formula is C20H30IN3O3. The second-order valence-electron chi connectivity index (χ2n) is 6.66. The van der Waals surface area contributed by atoms with E-state index in [4.69, 9.17) is 13.9 Å². The maximum absolute atomic E-state index is 5.92. The second kappa shape index (κ2) is 11.5. The summed E-state index contributed by atoms with van der Waals surface area (Å²) in [6, 6.07) is 8.11. The standard InChI is InChI=1S/C20H29N3O3.HI/c1-15-17-6-3-4-7-18(17)26-19(15)12-23-20(21-2)22-9-5-10-24-13-16-8-11-25-14-16;/h3-4,6-7,16H,5,8-14H2,1-2H3,(H2,21,22,23);1H. The van der Waals surface area contributed by atoms with E-state index in [1.807, 2.05) is 18.2 Å². The molecule has 1 fully saturated rings. The molecule has 0 spiro atoms. The fourth-order valence-electron chi connectivity index (χ4n) is 3.12. The van der Waals surface area contributed by atoms with E-state index in [1.165, 1.54) is 5.56 Å². The minimum Gasteiger partial charge on any atom is -0.459 e. The number of benzene rings is 1. The number of fused-ring (bicyclic) bond motifs is 1. The van der Waals surface area contributed by atoms with E-state index in [0.29, 0.717) is 12.5 Å². The molecule has 1 aromatic heterocycles. The molecule has 0 bridgehead atoms. The lowest BCUT2D eigenvalue weighted by Crippen LogP contribution is -2.37. The van der Waals surface area contributed by atoms with Crippen LogP contribution < -0.4 is 10.6 Å². The van der Waals surface area contributed by atoms with Gasteiger partial charge in [0.05, 0.1) is 19.8 Å². The number of hydrogen-bond donors (Lipinski definition) is 2. The maximum atomic E-state index is 5.92. The van der Waals surface area contributed by atoms with Crippen LogP contribution in [0.15, 0.2) is 33.7 Å². The van der Waals surface area contributed by atoms with Crippen LogP contribution in [-0.4, -0.2) is 46.0 Å². The van der Waals surface area contributed by atoms with Gasteiger partial charge in [0, 0.05) is 43.7 Å². The molecule has 0 aliphatic carbocycles. The normalized spacial score (nSPS) is 17.1. The first kappa shape index (κ1) is 22.0. The van der Waals surface area contributed by atoms with Gasteiger partial charge in [-0.3, -0.25) is 4.99 Å². The molecular weight excluding hydrogens is 457 g/mol. The third-order valence-electron chi connectivity index (χ3n) is 4.72.